The first-order valence-electron chi connectivity index (χ1n) is 5.92. The Hall–Kier alpha value is -1.16. The van der Waals surface area contributed by atoms with E-state index in [2.05, 4.69) is 0 Å². The number of benzene rings is 1. The van der Waals surface area contributed by atoms with Crippen LogP contribution in [0, 0.1) is 17.6 Å². The van der Waals surface area contributed by atoms with Crippen molar-refractivity contribution in [2.24, 2.45) is 11.7 Å². The molecular weight excluding hydrogens is 224 g/mol. The molecule has 1 aromatic rings. The van der Waals surface area contributed by atoms with Crippen molar-refractivity contribution in [1.82, 2.24) is 0 Å². The van der Waals surface area contributed by atoms with E-state index in [1.807, 2.05) is 6.92 Å². The van der Waals surface area contributed by atoms with Crippen molar-refractivity contribution in [2.45, 2.75) is 32.2 Å². The van der Waals surface area contributed by atoms with Gasteiger partial charge in [0.15, 0.2) is 11.6 Å². The minimum absolute atomic E-state index is 0.00699. The van der Waals surface area contributed by atoms with E-state index in [1.165, 1.54) is 6.07 Å². The number of hydrogen-bond donors (Lipinski definition) is 1. The Morgan fingerprint density at radius 2 is 2.12 bits per heavy atom. The first-order chi connectivity index (χ1) is 8.06. The summed E-state index contributed by atoms with van der Waals surface area (Å²) >= 11 is 0. The first-order valence-corrected chi connectivity index (χ1v) is 5.92. The van der Waals surface area contributed by atoms with Gasteiger partial charge in [0.2, 0.25) is 5.82 Å². The minimum atomic E-state index is -0.904. The van der Waals surface area contributed by atoms with Crippen molar-refractivity contribution in [3.05, 3.63) is 29.3 Å². The third-order valence-corrected chi connectivity index (χ3v) is 2.78. The van der Waals surface area contributed by atoms with E-state index in [1.54, 1.807) is 6.07 Å². The Morgan fingerprint density at radius 3 is 2.71 bits per heavy atom. The van der Waals surface area contributed by atoms with Gasteiger partial charge in [0, 0.05) is 6.04 Å². The van der Waals surface area contributed by atoms with Gasteiger partial charge in [0.1, 0.15) is 0 Å². The molecule has 1 fully saturated rings. The summed E-state index contributed by atoms with van der Waals surface area (Å²) < 4.78 is 32.1. The summed E-state index contributed by atoms with van der Waals surface area (Å²) in [5.74, 6) is -1.25. The molecule has 0 bridgehead atoms. The van der Waals surface area contributed by atoms with Crippen LogP contribution in [0.2, 0.25) is 0 Å². The smallest absolute Gasteiger partial charge is 0.200 e. The summed E-state index contributed by atoms with van der Waals surface area (Å²) in [5.41, 5.74) is 6.31. The van der Waals surface area contributed by atoms with Gasteiger partial charge in [-0.15, -0.1) is 0 Å². The number of rotatable bonds is 5. The van der Waals surface area contributed by atoms with Crippen molar-refractivity contribution in [2.75, 3.05) is 6.61 Å². The van der Waals surface area contributed by atoms with E-state index in [4.69, 9.17) is 10.5 Å². The fourth-order valence-electron chi connectivity index (χ4n) is 1.70. The molecule has 1 saturated carbocycles. The molecule has 4 heteroatoms. The predicted molar refractivity (Wildman–Crippen MR) is 61.9 cm³/mol. The second kappa shape index (κ2) is 5.00. The molecule has 2 rings (SSSR count). The maximum atomic E-state index is 13.5. The highest BCUT2D eigenvalue weighted by molar-refractivity contribution is 5.32. The molecular formula is C13H17F2NO. The lowest BCUT2D eigenvalue weighted by atomic mass is 10.1. The van der Waals surface area contributed by atoms with Crippen LogP contribution in [0.4, 0.5) is 8.78 Å². The van der Waals surface area contributed by atoms with Crippen LogP contribution >= 0.6 is 0 Å². The summed E-state index contributed by atoms with van der Waals surface area (Å²) in [4.78, 5) is 0. The van der Waals surface area contributed by atoms with E-state index in [-0.39, 0.29) is 11.8 Å². The van der Waals surface area contributed by atoms with E-state index < -0.39 is 11.6 Å². The molecule has 0 aliphatic heterocycles. The SMILES string of the molecule is CC(N)Cc1cc(F)c(F)c(OCC2CC2)c1. The fourth-order valence-corrected chi connectivity index (χ4v) is 1.70. The van der Waals surface area contributed by atoms with Gasteiger partial charge in [-0.05, 0) is 49.8 Å². The molecule has 94 valence electrons. The average Bonchev–Trinajstić information content (AvgIpc) is 3.04. The Labute approximate surface area is 99.8 Å². The van der Waals surface area contributed by atoms with Crippen molar-refractivity contribution in [3.63, 3.8) is 0 Å². The van der Waals surface area contributed by atoms with Crippen LogP contribution < -0.4 is 10.5 Å². The van der Waals surface area contributed by atoms with Gasteiger partial charge in [-0.1, -0.05) is 0 Å². The van der Waals surface area contributed by atoms with Gasteiger partial charge in [-0.2, -0.15) is 4.39 Å². The number of nitrogens with two attached hydrogens (primary N) is 1. The van der Waals surface area contributed by atoms with Crippen LogP contribution in [-0.2, 0) is 6.42 Å². The molecule has 2 N–H and O–H groups in total. The molecule has 0 amide bonds. The Morgan fingerprint density at radius 1 is 1.41 bits per heavy atom. The van der Waals surface area contributed by atoms with Gasteiger partial charge < -0.3 is 10.5 Å². The monoisotopic (exact) mass is 241 g/mol. The summed E-state index contributed by atoms with van der Waals surface area (Å²) in [7, 11) is 0. The Balaban J connectivity index is 2.12. The topological polar surface area (TPSA) is 35.2 Å². The number of ether oxygens (including phenoxy) is 1. The van der Waals surface area contributed by atoms with Crippen LogP contribution in [0.15, 0.2) is 12.1 Å². The van der Waals surface area contributed by atoms with Gasteiger partial charge in [0.25, 0.3) is 0 Å². The second-order valence-corrected chi connectivity index (χ2v) is 4.83. The van der Waals surface area contributed by atoms with E-state index >= 15 is 0 Å². The third-order valence-electron chi connectivity index (χ3n) is 2.78. The van der Waals surface area contributed by atoms with Crippen molar-refractivity contribution in [1.29, 1.82) is 0 Å². The average molecular weight is 241 g/mol. The molecule has 2 nitrogen and oxygen atoms in total. The highest BCUT2D eigenvalue weighted by Gasteiger charge is 2.23. The van der Waals surface area contributed by atoms with Crippen LogP contribution in [0.3, 0.4) is 0 Å². The van der Waals surface area contributed by atoms with Crippen LogP contribution in [0.5, 0.6) is 5.75 Å². The van der Waals surface area contributed by atoms with Gasteiger partial charge >= 0.3 is 0 Å². The van der Waals surface area contributed by atoms with Crippen LogP contribution in [0.1, 0.15) is 25.3 Å². The lowest BCUT2D eigenvalue weighted by molar-refractivity contribution is 0.280. The number of halogens is 2. The van der Waals surface area contributed by atoms with Crippen LogP contribution in [-0.4, -0.2) is 12.6 Å². The summed E-state index contributed by atoms with van der Waals surface area (Å²) in [6.45, 7) is 2.30. The maximum absolute atomic E-state index is 13.5. The standard InChI is InChI=1S/C13H17F2NO/c1-8(16)4-10-5-11(14)13(15)12(6-10)17-7-9-2-3-9/h5-6,8-9H,2-4,7,16H2,1H3. The summed E-state index contributed by atoms with van der Waals surface area (Å²) in [5, 5.41) is 0. The van der Waals surface area contributed by atoms with Gasteiger partial charge in [-0.25, -0.2) is 4.39 Å². The third kappa shape index (κ3) is 3.40. The summed E-state index contributed by atoms with van der Waals surface area (Å²) in [6.07, 6.45) is 2.74. The fraction of sp³-hybridized carbons (Fsp3) is 0.538. The lowest BCUT2D eigenvalue weighted by Gasteiger charge is -2.11. The van der Waals surface area contributed by atoms with Crippen LogP contribution in [0.25, 0.3) is 0 Å². The molecule has 0 heterocycles. The quantitative estimate of drug-likeness (QED) is 0.860. The van der Waals surface area contributed by atoms with Crippen molar-refractivity contribution >= 4 is 0 Å². The van der Waals surface area contributed by atoms with Gasteiger partial charge in [-0.3, -0.25) is 0 Å². The molecule has 1 atom stereocenters. The highest BCUT2D eigenvalue weighted by atomic mass is 19.2. The van der Waals surface area contributed by atoms with Gasteiger partial charge in [0.05, 0.1) is 6.61 Å². The zero-order valence-corrected chi connectivity index (χ0v) is 9.88. The lowest BCUT2D eigenvalue weighted by Crippen LogP contribution is -2.18. The molecule has 1 unspecified atom stereocenters. The molecule has 17 heavy (non-hydrogen) atoms. The van der Waals surface area contributed by atoms with E-state index in [9.17, 15) is 8.78 Å². The molecule has 1 aromatic carbocycles. The van der Waals surface area contributed by atoms with E-state index in [0.717, 1.165) is 12.8 Å². The highest BCUT2D eigenvalue weighted by Crippen LogP contribution is 2.31. The second-order valence-electron chi connectivity index (χ2n) is 4.83. The largest absolute Gasteiger partial charge is 0.490 e. The molecule has 0 aromatic heterocycles. The van der Waals surface area contributed by atoms with E-state index in [0.29, 0.717) is 24.5 Å². The molecule has 0 saturated heterocycles. The first kappa shape index (κ1) is 12.3. The maximum Gasteiger partial charge on any atom is 0.200 e. The zero-order valence-electron chi connectivity index (χ0n) is 9.88. The van der Waals surface area contributed by atoms with Crippen molar-refractivity contribution in [3.8, 4) is 5.75 Å². The molecule has 0 radical (unpaired) electrons. The minimum Gasteiger partial charge on any atom is -0.490 e. The normalized spacial score (nSPS) is 16.9. The molecule has 1 aliphatic rings. The molecule has 1 aliphatic carbocycles. The zero-order chi connectivity index (χ0) is 12.4. The Bertz CT molecular complexity index is 403. The summed E-state index contributed by atoms with van der Waals surface area (Å²) in [6, 6.07) is 2.64. The predicted octanol–water partition coefficient (Wildman–Crippen LogP) is 2.64. The van der Waals surface area contributed by atoms with Crippen molar-refractivity contribution < 1.29 is 13.5 Å². The number of hydrogen-bond acceptors (Lipinski definition) is 2. The Kier molecular flexibility index (Phi) is 3.62. The molecule has 0 spiro atoms.